The van der Waals surface area contributed by atoms with Crippen LogP contribution in [0.1, 0.15) is 19.6 Å². The molecule has 0 aliphatic carbocycles. The van der Waals surface area contributed by atoms with Crippen LogP contribution in [0.25, 0.3) is 6.08 Å². The third-order valence-electron chi connectivity index (χ3n) is 1.69. The van der Waals surface area contributed by atoms with Crippen molar-refractivity contribution in [2.45, 2.75) is 13.8 Å². The quantitative estimate of drug-likeness (QED) is 0.575. The van der Waals surface area contributed by atoms with E-state index < -0.39 is 4.92 Å². The molecule has 0 aliphatic heterocycles. The zero-order valence-corrected chi connectivity index (χ0v) is 8.62. The van der Waals surface area contributed by atoms with E-state index in [9.17, 15) is 10.1 Å². The summed E-state index contributed by atoms with van der Waals surface area (Å²) in [5.74, 6) is 0.240. The fourth-order valence-electron chi connectivity index (χ4n) is 0.982. The second-order valence-corrected chi connectivity index (χ2v) is 3.50. The molecule has 76 valence electrons. The van der Waals surface area contributed by atoms with Crippen molar-refractivity contribution < 1.29 is 9.34 Å². The van der Waals surface area contributed by atoms with E-state index in [1.54, 1.807) is 26.0 Å². The third-order valence-corrected chi connectivity index (χ3v) is 1.89. The lowest BCUT2D eigenvalue weighted by atomic mass is 10.1. The number of furan rings is 1. The van der Waals surface area contributed by atoms with Gasteiger partial charge in [0, 0.05) is 5.92 Å². The lowest BCUT2D eigenvalue weighted by Gasteiger charge is -1.99. The van der Waals surface area contributed by atoms with Gasteiger partial charge >= 0.3 is 0 Å². The number of nitro groups is 1. The van der Waals surface area contributed by atoms with Gasteiger partial charge < -0.3 is 4.42 Å². The molecule has 0 aromatic carbocycles. The summed E-state index contributed by atoms with van der Waals surface area (Å²) < 4.78 is 5.00. The Labute approximate surface area is 86.3 Å². The van der Waals surface area contributed by atoms with Gasteiger partial charge in [-0.3, -0.25) is 10.1 Å². The van der Waals surface area contributed by atoms with Crippen LogP contribution in [0.5, 0.6) is 0 Å². The highest BCUT2D eigenvalue weighted by Crippen LogP contribution is 2.19. The summed E-state index contributed by atoms with van der Waals surface area (Å²) in [5, 5.41) is 10.8. The van der Waals surface area contributed by atoms with Crippen molar-refractivity contribution in [2.75, 3.05) is 0 Å². The summed E-state index contributed by atoms with van der Waals surface area (Å²) >= 11 is 5.54. The van der Waals surface area contributed by atoms with E-state index in [0.717, 1.165) is 0 Å². The van der Waals surface area contributed by atoms with Gasteiger partial charge in [0.25, 0.3) is 5.70 Å². The number of nitrogens with zero attached hydrogens (tertiary/aromatic N) is 1. The molecule has 14 heavy (non-hydrogen) atoms. The van der Waals surface area contributed by atoms with E-state index in [4.69, 9.17) is 16.0 Å². The fourth-order valence-corrected chi connectivity index (χ4v) is 1.13. The average Bonchev–Trinajstić information content (AvgIpc) is 2.46. The van der Waals surface area contributed by atoms with Crippen LogP contribution < -0.4 is 0 Å². The summed E-state index contributed by atoms with van der Waals surface area (Å²) in [7, 11) is 0. The molecule has 0 N–H and O–H groups in total. The monoisotopic (exact) mass is 215 g/mol. The number of halogens is 1. The maximum atomic E-state index is 10.6. The SMILES string of the molecule is CC(C)/C(=C/c1ccc(Cl)o1)[N+](=O)[O-]. The van der Waals surface area contributed by atoms with Crippen LogP contribution in [-0.2, 0) is 0 Å². The van der Waals surface area contributed by atoms with E-state index >= 15 is 0 Å². The summed E-state index contributed by atoms with van der Waals surface area (Å²) in [6, 6.07) is 3.14. The Morgan fingerprint density at radius 3 is 2.64 bits per heavy atom. The molecule has 0 bridgehead atoms. The highest BCUT2D eigenvalue weighted by Gasteiger charge is 2.16. The average molecular weight is 216 g/mol. The van der Waals surface area contributed by atoms with Crippen LogP contribution in [-0.4, -0.2) is 4.92 Å². The van der Waals surface area contributed by atoms with E-state index in [-0.39, 0.29) is 16.8 Å². The van der Waals surface area contributed by atoms with Crippen molar-refractivity contribution >= 4 is 17.7 Å². The van der Waals surface area contributed by atoms with Gasteiger partial charge in [-0.2, -0.15) is 0 Å². The van der Waals surface area contributed by atoms with Gasteiger partial charge in [0.1, 0.15) is 5.76 Å². The highest BCUT2D eigenvalue weighted by atomic mass is 35.5. The number of allylic oxidation sites excluding steroid dienone is 1. The van der Waals surface area contributed by atoms with Crippen LogP contribution in [0.3, 0.4) is 0 Å². The molecular formula is C9H10ClNO3. The Hall–Kier alpha value is -1.29. The third kappa shape index (κ3) is 2.60. The minimum atomic E-state index is -0.416. The first-order chi connectivity index (χ1) is 6.50. The first kappa shape index (κ1) is 10.8. The minimum absolute atomic E-state index is 0.107. The number of hydrogen-bond acceptors (Lipinski definition) is 3. The minimum Gasteiger partial charge on any atom is -0.445 e. The van der Waals surface area contributed by atoms with Crippen molar-refractivity contribution in [2.24, 2.45) is 5.92 Å². The second kappa shape index (κ2) is 4.28. The van der Waals surface area contributed by atoms with E-state index in [0.29, 0.717) is 5.76 Å². The molecule has 0 aliphatic rings. The molecule has 0 spiro atoms. The maximum Gasteiger partial charge on any atom is 0.252 e. The number of hydrogen-bond donors (Lipinski definition) is 0. The van der Waals surface area contributed by atoms with E-state index in [1.807, 2.05) is 0 Å². The predicted octanol–water partition coefficient (Wildman–Crippen LogP) is 3.21. The molecule has 0 atom stereocenters. The summed E-state index contributed by atoms with van der Waals surface area (Å²) in [6.07, 6.45) is 1.39. The van der Waals surface area contributed by atoms with Crippen molar-refractivity contribution in [1.29, 1.82) is 0 Å². The van der Waals surface area contributed by atoms with Crippen LogP contribution in [0.15, 0.2) is 22.2 Å². The molecule has 1 rings (SSSR count). The second-order valence-electron chi connectivity index (χ2n) is 3.12. The van der Waals surface area contributed by atoms with Crippen molar-refractivity contribution in [3.63, 3.8) is 0 Å². The Morgan fingerprint density at radius 2 is 2.29 bits per heavy atom. The predicted molar refractivity (Wildman–Crippen MR) is 53.5 cm³/mol. The normalized spacial score (nSPS) is 12.1. The molecule has 0 saturated heterocycles. The van der Waals surface area contributed by atoms with Crippen LogP contribution in [0.4, 0.5) is 0 Å². The molecule has 1 aromatic heterocycles. The highest BCUT2D eigenvalue weighted by molar-refractivity contribution is 6.28. The van der Waals surface area contributed by atoms with Gasteiger partial charge in [0.2, 0.25) is 0 Å². The Kier molecular flexibility index (Phi) is 3.30. The van der Waals surface area contributed by atoms with Gasteiger partial charge in [0.15, 0.2) is 5.22 Å². The standard InChI is InChI=1S/C9H10ClNO3/c1-6(2)8(11(12)13)5-7-3-4-9(10)14-7/h3-6H,1-2H3/b8-5-. The molecule has 0 radical (unpaired) electrons. The van der Waals surface area contributed by atoms with E-state index in [1.165, 1.54) is 6.08 Å². The molecule has 0 amide bonds. The molecular weight excluding hydrogens is 206 g/mol. The fraction of sp³-hybridized carbons (Fsp3) is 0.333. The van der Waals surface area contributed by atoms with Gasteiger partial charge in [-0.05, 0) is 23.7 Å². The van der Waals surface area contributed by atoms with Gasteiger partial charge in [-0.1, -0.05) is 13.8 Å². The molecule has 1 aromatic rings. The molecule has 0 unspecified atom stereocenters. The van der Waals surface area contributed by atoms with Crippen LogP contribution >= 0.6 is 11.6 Å². The summed E-state index contributed by atoms with van der Waals surface area (Å²) in [5.41, 5.74) is 0.107. The lowest BCUT2D eigenvalue weighted by Crippen LogP contribution is -2.04. The Morgan fingerprint density at radius 1 is 1.64 bits per heavy atom. The molecule has 5 heteroatoms. The van der Waals surface area contributed by atoms with Crippen molar-refractivity contribution in [3.05, 3.63) is 38.9 Å². The van der Waals surface area contributed by atoms with Crippen LogP contribution in [0.2, 0.25) is 5.22 Å². The Balaban J connectivity index is 2.99. The Bertz CT molecular complexity index is 368. The summed E-state index contributed by atoms with van der Waals surface area (Å²) in [6.45, 7) is 3.50. The summed E-state index contributed by atoms with van der Waals surface area (Å²) in [4.78, 5) is 10.2. The molecule has 1 heterocycles. The smallest absolute Gasteiger partial charge is 0.252 e. The van der Waals surface area contributed by atoms with Crippen LogP contribution in [0, 0.1) is 16.0 Å². The first-order valence-corrected chi connectivity index (χ1v) is 4.50. The van der Waals surface area contributed by atoms with Gasteiger partial charge in [-0.25, -0.2) is 0 Å². The topological polar surface area (TPSA) is 56.3 Å². The zero-order valence-electron chi connectivity index (χ0n) is 7.86. The van der Waals surface area contributed by atoms with Crippen molar-refractivity contribution in [1.82, 2.24) is 0 Å². The van der Waals surface area contributed by atoms with Gasteiger partial charge in [0.05, 0.1) is 11.0 Å². The molecule has 4 nitrogen and oxygen atoms in total. The van der Waals surface area contributed by atoms with Gasteiger partial charge in [-0.15, -0.1) is 0 Å². The largest absolute Gasteiger partial charge is 0.445 e. The molecule has 0 saturated carbocycles. The molecule has 0 fully saturated rings. The first-order valence-electron chi connectivity index (χ1n) is 4.12. The zero-order chi connectivity index (χ0) is 10.7. The number of rotatable bonds is 3. The maximum absolute atomic E-state index is 10.6. The lowest BCUT2D eigenvalue weighted by molar-refractivity contribution is -0.431. The van der Waals surface area contributed by atoms with E-state index in [2.05, 4.69) is 0 Å². The van der Waals surface area contributed by atoms with Crippen molar-refractivity contribution in [3.8, 4) is 0 Å².